The second-order valence-corrected chi connectivity index (χ2v) is 3.33. The van der Waals surface area contributed by atoms with Crippen molar-refractivity contribution >= 4 is 12.2 Å². The molecule has 0 bridgehead atoms. The average Bonchev–Trinajstić information content (AvgIpc) is 2.04. The molecule has 12 heavy (non-hydrogen) atoms. The predicted octanol–water partition coefficient (Wildman–Crippen LogP) is 1.97. The molecule has 0 aromatic heterocycles. The molecular weight excluding hydrogens is 147 g/mol. The average molecular weight is 162 g/mol. The summed E-state index contributed by atoms with van der Waals surface area (Å²) in [5, 5.41) is 0. The molecule has 0 unspecified atom stereocenters. The molecule has 0 N–H and O–H groups in total. The van der Waals surface area contributed by atoms with Gasteiger partial charge in [-0.3, -0.25) is 0 Å². The second-order valence-electron chi connectivity index (χ2n) is 3.33. The van der Waals surface area contributed by atoms with Crippen LogP contribution in [-0.4, -0.2) is 13.8 Å². The van der Waals surface area contributed by atoms with Crippen LogP contribution in [0.1, 0.15) is 5.56 Å². The lowest BCUT2D eigenvalue weighted by Crippen LogP contribution is -2.25. The van der Waals surface area contributed by atoms with Crippen molar-refractivity contribution in [3.05, 3.63) is 23.8 Å². The van der Waals surface area contributed by atoms with Crippen molar-refractivity contribution in [2.75, 3.05) is 7.11 Å². The fraction of sp³-hybridized carbons (Fsp3) is 0.400. The van der Waals surface area contributed by atoms with Gasteiger partial charge >= 0.3 is 0 Å². The van der Waals surface area contributed by atoms with Crippen LogP contribution in [0.25, 0.3) is 0 Å². The van der Waals surface area contributed by atoms with Gasteiger partial charge in [0.25, 0.3) is 0 Å². The van der Waals surface area contributed by atoms with Crippen molar-refractivity contribution in [1.82, 2.24) is 0 Å². The maximum Gasteiger partial charge on any atom is 0.170 e. The van der Waals surface area contributed by atoms with Crippen LogP contribution in [0, 0.1) is 6.92 Å². The smallest absolute Gasteiger partial charge is 0.170 e. The third kappa shape index (κ3) is 1.63. The van der Waals surface area contributed by atoms with Crippen molar-refractivity contribution in [2.24, 2.45) is 0 Å². The van der Waals surface area contributed by atoms with E-state index in [9.17, 15) is 0 Å². The number of methoxy groups -OCH3 is 1. The molecule has 0 aliphatic heterocycles. The molecule has 0 amide bonds. The van der Waals surface area contributed by atoms with Crippen LogP contribution < -0.4 is 10.2 Å². The van der Waals surface area contributed by atoms with Crippen molar-refractivity contribution < 1.29 is 4.74 Å². The summed E-state index contributed by atoms with van der Waals surface area (Å²) in [6, 6.07) is 6.20. The Kier molecular flexibility index (Phi) is 2.80. The molecule has 0 heterocycles. The molecule has 0 radical (unpaired) electrons. The third-order valence-corrected chi connectivity index (χ3v) is 2.17. The van der Waals surface area contributed by atoms with Crippen molar-refractivity contribution in [3.8, 4) is 5.75 Å². The van der Waals surface area contributed by atoms with Crippen LogP contribution >= 0.6 is 0 Å². The number of hydrogen-bond donors (Lipinski definition) is 0. The summed E-state index contributed by atoms with van der Waals surface area (Å²) < 4.78 is 5.24. The van der Waals surface area contributed by atoms with Crippen LogP contribution in [-0.2, 0) is 0 Å². The molecule has 0 spiro atoms. The maximum absolute atomic E-state index is 5.24. The first-order chi connectivity index (χ1) is 5.66. The van der Waals surface area contributed by atoms with Crippen molar-refractivity contribution in [3.63, 3.8) is 0 Å². The summed E-state index contributed by atoms with van der Waals surface area (Å²) in [7, 11) is 1.71. The van der Waals surface area contributed by atoms with Crippen LogP contribution in [0.2, 0.25) is 13.6 Å². The van der Waals surface area contributed by atoms with E-state index in [4.69, 9.17) is 4.74 Å². The number of ether oxygens (including phenoxy) is 1. The lowest BCUT2D eigenvalue weighted by Gasteiger charge is -2.10. The van der Waals surface area contributed by atoms with Gasteiger partial charge in [-0.2, -0.15) is 0 Å². The molecule has 0 saturated heterocycles. The van der Waals surface area contributed by atoms with Gasteiger partial charge in [0, 0.05) is 0 Å². The summed E-state index contributed by atoms with van der Waals surface area (Å²) in [5.41, 5.74) is 2.63. The normalized spacial score (nSPS) is 9.67. The molecule has 0 aliphatic carbocycles. The van der Waals surface area contributed by atoms with E-state index in [1.807, 2.05) is 12.1 Å². The van der Waals surface area contributed by atoms with Crippen LogP contribution in [0.3, 0.4) is 0 Å². The van der Waals surface area contributed by atoms with E-state index in [0.29, 0.717) is 6.71 Å². The van der Waals surface area contributed by atoms with E-state index in [2.05, 4.69) is 26.6 Å². The van der Waals surface area contributed by atoms with E-state index in [1.54, 1.807) is 7.11 Å². The number of hydrogen-bond acceptors (Lipinski definition) is 1. The van der Waals surface area contributed by atoms with Gasteiger partial charge in [0.15, 0.2) is 6.71 Å². The molecule has 0 saturated carbocycles. The number of rotatable bonds is 2. The standard InChI is InChI=1S/C10H15BO/c1-8-9(11(2)3)6-5-7-10(8)12-4/h5-7H,1-4H3. The monoisotopic (exact) mass is 162 g/mol. The van der Waals surface area contributed by atoms with Gasteiger partial charge in [0.05, 0.1) is 7.11 Å². The molecule has 0 aliphatic rings. The Bertz CT molecular complexity index is 269. The molecule has 64 valence electrons. The summed E-state index contributed by atoms with van der Waals surface area (Å²) in [5.74, 6) is 0.987. The SMILES string of the molecule is COc1cccc(B(C)C)c1C. The quantitative estimate of drug-likeness (QED) is 0.604. The lowest BCUT2D eigenvalue weighted by atomic mass is 9.48. The molecule has 1 aromatic carbocycles. The topological polar surface area (TPSA) is 9.23 Å². The Morgan fingerprint density at radius 2 is 1.92 bits per heavy atom. The molecule has 1 rings (SSSR count). The fourth-order valence-corrected chi connectivity index (χ4v) is 1.48. The summed E-state index contributed by atoms with van der Waals surface area (Å²) in [6.45, 7) is 7.07. The molecule has 0 atom stereocenters. The highest BCUT2D eigenvalue weighted by Crippen LogP contribution is 2.14. The second kappa shape index (κ2) is 3.66. The van der Waals surface area contributed by atoms with Gasteiger partial charge in [0.1, 0.15) is 5.75 Å². The molecular formula is C10H15BO. The minimum atomic E-state index is 0.570. The van der Waals surface area contributed by atoms with Gasteiger partial charge in [-0.15, -0.1) is 0 Å². The first-order valence-corrected chi connectivity index (χ1v) is 4.30. The first kappa shape index (κ1) is 9.18. The van der Waals surface area contributed by atoms with Crippen LogP contribution in [0.15, 0.2) is 18.2 Å². The summed E-state index contributed by atoms with van der Waals surface area (Å²) in [4.78, 5) is 0. The van der Waals surface area contributed by atoms with Gasteiger partial charge in [0.2, 0.25) is 0 Å². The van der Waals surface area contributed by atoms with E-state index < -0.39 is 0 Å². The van der Waals surface area contributed by atoms with Crippen molar-refractivity contribution in [1.29, 1.82) is 0 Å². The first-order valence-electron chi connectivity index (χ1n) is 4.30. The number of benzene rings is 1. The largest absolute Gasteiger partial charge is 0.497 e. The van der Waals surface area contributed by atoms with Crippen molar-refractivity contribution in [2.45, 2.75) is 20.6 Å². The minimum absolute atomic E-state index is 0.570. The van der Waals surface area contributed by atoms with E-state index in [1.165, 1.54) is 11.0 Å². The van der Waals surface area contributed by atoms with Crippen LogP contribution in [0.4, 0.5) is 0 Å². The van der Waals surface area contributed by atoms with Crippen LogP contribution in [0.5, 0.6) is 5.75 Å². The van der Waals surface area contributed by atoms with Gasteiger partial charge < -0.3 is 4.74 Å². The molecule has 1 aromatic rings. The summed E-state index contributed by atoms with van der Waals surface area (Å²) in [6.07, 6.45) is 0. The maximum atomic E-state index is 5.24. The van der Waals surface area contributed by atoms with E-state index in [-0.39, 0.29) is 0 Å². The Hall–Kier alpha value is -0.915. The predicted molar refractivity (Wildman–Crippen MR) is 54.8 cm³/mol. The zero-order valence-electron chi connectivity index (χ0n) is 8.22. The highest BCUT2D eigenvalue weighted by atomic mass is 16.5. The Morgan fingerprint density at radius 3 is 2.42 bits per heavy atom. The van der Waals surface area contributed by atoms with E-state index in [0.717, 1.165) is 5.75 Å². The summed E-state index contributed by atoms with van der Waals surface area (Å²) >= 11 is 0. The third-order valence-electron chi connectivity index (χ3n) is 2.17. The zero-order valence-corrected chi connectivity index (χ0v) is 8.22. The zero-order chi connectivity index (χ0) is 9.14. The Balaban J connectivity index is 3.14. The minimum Gasteiger partial charge on any atom is -0.497 e. The van der Waals surface area contributed by atoms with Gasteiger partial charge in [-0.1, -0.05) is 31.2 Å². The molecule has 1 nitrogen and oxygen atoms in total. The van der Waals surface area contributed by atoms with Gasteiger partial charge in [-0.25, -0.2) is 0 Å². The lowest BCUT2D eigenvalue weighted by molar-refractivity contribution is 0.412. The highest BCUT2D eigenvalue weighted by Gasteiger charge is 2.08. The van der Waals surface area contributed by atoms with E-state index >= 15 is 0 Å². The van der Waals surface area contributed by atoms with Gasteiger partial charge in [-0.05, 0) is 18.6 Å². The highest BCUT2D eigenvalue weighted by molar-refractivity contribution is 6.71. The molecule has 2 heteroatoms. The fourth-order valence-electron chi connectivity index (χ4n) is 1.48. The Labute approximate surface area is 74.8 Å². The molecule has 0 fully saturated rings. The Morgan fingerprint density at radius 1 is 1.25 bits per heavy atom.